The minimum atomic E-state index is -0.968. The molecule has 1 fully saturated rings. The molecule has 2 N–H and O–H groups in total. The topological polar surface area (TPSA) is 76.7 Å². The maximum absolute atomic E-state index is 13.0. The number of rotatable bonds is 5. The maximum atomic E-state index is 13.0. The number of methoxy groups -OCH3 is 1. The Labute approximate surface area is 158 Å². The molecule has 142 valence electrons. The molecule has 0 bridgehead atoms. The average Bonchev–Trinajstić information content (AvgIpc) is 2.70. The Morgan fingerprint density at radius 1 is 0.889 bits per heavy atom. The van der Waals surface area contributed by atoms with Gasteiger partial charge in [-0.15, -0.1) is 0 Å². The van der Waals surface area contributed by atoms with Gasteiger partial charge in [0.1, 0.15) is 17.0 Å². The molecule has 0 radical (unpaired) electrons. The molecule has 1 saturated carbocycles. The van der Waals surface area contributed by atoms with Crippen molar-refractivity contribution in [3.05, 3.63) is 54.6 Å². The van der Waals surface area contributed by atoms with Gasteiger partial charge in [-0.05, 0) is 49.2 Å². The van der Waals surface area contributed by atoms with Gasteiger partial charge in [0.25, 0.3) is 0 Å². The summed E-state index contributed by atoms with van der Waals surface area (Å²) in [5.74, 6) is 0.929. The smallest absolute Gasteiger partial charge is 0.413 e. The van der Waals surface area contributed by atoms with Gasteiger partial charge in [-0.3, -0.25) is 4.79 Å². The fourth-order valence-electron chi connectivity index (χ4n) is 3.31. The minimum absolute atomic E-state index is 0.225. The second kappa shape index (κ2) is 8.58. The van der Waals surface area contributed by atoms with E-state index in [0.29, 0.717) is 30.0 Å². The van der Waals surface area contributed by atoms with Gasteiger partial charge >= 0.3 is 6.09 Å². The number of carbonyl (C=O) groups is 2. The van der Waals surface area contributed by atoms with E-state index in [4.69, 9.17) is 9.47 Å². The first-order valence-electron chi connectivity index (χ1n) is 9.12. The third kappa shape index (κ3) is 4.78. The van der Waals surface area contributed by atoms with Crippen LogP contribution in [0.3, 0.4) is 0 Å². The number of hydrogen-bond donors (Lipinski definition) is 2. The van der Waals surface area contributed by atoms with Crippen molar-refractivity contribution in [3.8, 4) is 11.5 Å². The fraction of sp³-hybridized carbons (Fsp3) is 0.333. The summed E-state index contributed by atoms with van der Waals surface area (Å²) in [4.78, 5) is 25.4. The summed E-state index contributed by atoms with van der Waals surface area (Å²) in [6, 6.07) is 15.9. The summed E-state index contributed by atoms with van der Waals surface area (Å²) in [5, 5.41) is 5.73. The van der Waals surface area contributed by atoms with Crippen molar-refractivity contribution in [2.24, 2.45) is 0 Å². The van der Waals surface area contributed by atoms with Crippen LogP contribution in [-0.2, 0) is 4.79 Å². The fourth-order valence-corrected chi connectivity index (χ4v) is 3.31. The van der Waals surface area contributed by atoms with E-state index < -0.39 is 11.6 Å². The van der Waals surface area contributed by atoms with Crippen LogP contribution in [0.1, 0.15) is 32.1 Å². The molecule has 0 heterocycles. The molecular weight excluding hydrogens is 344 g/mol. The first-order valence-corrected chi connectivity index (χ1v) is 9.12. The highest BCUT2D eigenvalue weighted by atomic mass is 16.6. The monoisotopic (exact) mass is 368 g/mol. The van der Waals surface area contributed by atoms with Gasteiger partial charge in [0, 0.05) is 5.69 Å². The van der Waals surface area contributed by atoms with Crippen LogP contribution in [0.5, 0.6) is 11.5 Å². The molecule has 2 aromatic rings. The molecule has 0 atom stereocenters. The summed E-state index contributed by atoms with van der Waals surface area (Å²) in [6.07, 6.45) is 3.35. The summed E-state index contributed by atoms with van der Waals surface area (Å²) >= 11 is 0. The summed E-state index contributed by atoms with van der Waals surface area (Å²) in [7, 11) is 1.59. The lowest BCUT2D eigenvalue weighted by Crippen LogP contribution is -2.58. The molecule has 27 heavy (non-hydrogen) atoms. The second-order valence-electron chi connectivity index (χ2n) is 6.65. The Hall–Kier alpha value is -3.02. The number of amides is 2. The van der Waals surface area contributed by atoms with Crippen LogP contribution in [0.15, 0.2) is 54.6 Å². The van der Waals surface area contributed by atoms with E-state index in [2.05, 4.69) is 10.6 Å². The van der Waals surface area contributed by atoms with Crippen molar-refractivity contribution in [2.45, 2.75) is 37.6 Å². The van der Waals surface area contributed by atoms with Gasteiger partial charge in [-0.2, -0.15) is 0 Å². The zero-order valence-corrected chi connectivity index (χ0v) is 15.4. The van der Waals surface area contributed by atoms with E-state index >= 15 is 0 Å². The van der Waals surface area contributed by atoms with Crippen LogP contribution >= 0.6 is 0 Å². The Kier molecular flexibility index (Phi) is 5.96. The van der Waals surface area contributed by atoms with Gasteiger partial charge in [0.15, 0.2) is 0 Å². The third-order valence-corrected chi connectivity index (χ3v) is 4.78. The number of benzene rings is 2. The number of carbonyl (C=O) groups excluding carboxylic acids is 2. The molecule has 3 rings (SSSR count). The Morgan fingerprint density at radius 3 is 2.19 bits per heavy atom. The van der Waals surface area contributed by atoms with E-state index in [1.165, 1.54) is 0 Å². The Bertz CT molecular complexity index is 769. The normalized spacial score (nSPS) is 15.4. The predicted octanol–water partition coefficient (Wildman–Crippen LogP) is 4.13. The van der Waals surface area contributed by atoms with Crippen LogP contribution in [0.4, 0.5) is 10.5 Å². The van der Waals surface area contributed by atoms with Gasteiger partial charge in [0.2, 0.25) is 5.91 Å². The lowest BCUT2D eigenvalue weighted by Gasteiger charge is -2.36. The Morgan fingerprint density at radius 2 is 1.56 bits per heavy atom. The minimum Gasteiger partial charge on any atom is -0.497 e. The van der Waals surface area contributed by atoms with Gasteiger partial charge in [0.05, 0.1) is 7.11 Å². The van der Waals surface area contributed by atoms with Crippen molar-refractivity contribution in [3.63, 3.8) is 0 Å². The van der Waals surface area contributed by atoms with E-state index in [-0.39, 0.29) is 5.91 Å². The number of hydrogen-bond acceptors (Lipinski definition) is 4. The van der Waals surface area contributed by atoms with E-state index in [0.717, 1.165) is 19.3 Å². The molecule has 0 aromatic heterocycles. The highest BCUT2D eigenvalue weighted by Crippen LogP contribution is 2.30. The first-order chi connectivity index (χ1) is 13.1. The molecule has 1 aliphatic carbocycles. The molecule has 0 aliphatic heterocycles. The SMILES string of the molecule is COc1ccc(NC(=O)C2(NC(=O)Oc3ccccc3)CCCCC2)cc1. The highest BCUT2D eigenvalue weighted by Gasteiger charge is 2.41. The Balaban J connectivity index is 1.70. The molecule has 6 nitrogen and oxygen atoms in total. The average molecular weight is 368 g/mol. The van der Waals surface area contributed by atoms with Crippen LogP contribution in [0, 0.1) is 0 Å². The van der Waals surface area contributed by atoms with E-state index in [9.17, 15) is 9.59 Å². The standard InChI is InChI=1S/C21H24N2O4/c1-26-17-12-10-16(11-13-17)22-19(24)21(14-6-3-7-15-21)23-20(25)27-18-8-4-2-5-9-18/h2,4-5,8-13H,3,6-7,14-15H2,1H3,(H,22,24)(H,23,25). The number of anilines is 1. The number of nitrogens with one attached hydrogen (secondary N) is 2. The van der Waals surface area contributed by atoms with Gasteiger partial charge in [-0.25, -0.2) is 4.79 Å². The zero-order valence-electron chi connectivity index (χ0n) is 15.4. The van der Waals surface area contributed by atoms with E-state index in [1.54, 1.807) is 55.6 Å². The van der Waals surface area contributed by atoms with Gasteiger partial charge < -0.3 is 20.1 Å². The summed E-state index contributed by atoms with van der Waals surface area (Å²) in [5.41, 5.74) is -0.312. The lowest BCUT2D eigenvalue weighted by molar-refractivity contribution is -0.123. The molecule has 2 amide bonds. The van der Waals surface area contributed by atoms with Crippen molar-refractivity contribution >= 4 is 17.7 Å². The van der Waals surface area contributed by atoms with Crippen LogP contribution in [-0.4, -0.2) is 24.6 Å². The van der Waals surface area contributed by atoms with Gasteiger partial charge in [-0.1, -0.05) is 37.5 Å². The van der Waals surface area contributed by atoms with Crippen LogP contribution < -0.4 is 20.1 Å². The molecule has 0 unspecified atom stereocenters. The quantitative estimate of drug-likeness (QED) is 0.832. The molecule has 0 saturated heterocycles. The maximum Gasteiger partial charge on any atom is 0.413 e. The molecule has 0 spiro atoms. The molecular formula is C21H24N2O4. The van der Waals surface area contributed by atoms with Crippen LogP contribution in [0.2, 0.25) is 0 Å². The lowest BCUT2D eigenvalue weighted by atomic mass is 9.81. The zero-order chi connectivity index (χ0) is 19.1. The largest absolute Gasteiger partial charge is 0.497 e. The summed E-state index contributed by atoms with van der Waals surface area (Å²) in [6.45, 7) is 0. The van der Waals surface area contributed by atoms with Crippen molar-refractivity contribution in [1.29, 1.82) is 0 Å². The summed E-state index contributed by atoms with van der Waals surface area (Å²) < 4.78 is 10.5. The number of ether oxygens (including phenoxy) is 2. The number of para-hydroxylation sites is 1. The molecule has 1 aliphatic rings. The third-order valence-electron chi connectivity index (χ3n) is 4.78. The molecule has 2 aromatic carbocycles. The first kappa shape index (κ1) is 18.8. The van der Waals surface area contributed by atoms with E-state index in [1.807, 2.05) is 6.07 Å². The van der Waals surface area contributed by atoms with Crippen molar-refractivity contribution in [1.82, 2.24) is 5.32 Å². The second-order valence-corrected chi connectivity index (χ2v) is 6.65. The highest BCUT2D eigenvalue weighted by molar-refractivity contribution is 6.00. The molecule has 6 heteroatoms. The van der Waals surface area contributed by atoms with Crippen LogP contribution in [0.25, 0.3) is 0 Å². The predicted molar refractivity (Wildman–Crippen MR) is 103 cm³/mol. The van der Waals surface area contributed by atoms with Crippen molar-refractivity contribution < 1.29 is 19.1 Å². The van der Waals surface area contributed by atoms with Crippen molar-refractivity contribution in [2.75, 3.05) is 12.4 Å².